The van der Waals surface area contributed by atoms with Crippen LogP contribution in [0.2, 0.25) is 0 Å². The van der Waals surface area contributed by atoms with Crippen LogP contribution in [0.1, 0.15) is 57.2 Å². The molecular weight excluding hydrogens is 356 g/mol. The molecule has 6 heteroatoms. The summed E-state index contributed by atoms with van der Waals surface area (Å²) in [6.45, 7) is 8.19. The average Bonchev–Trinajstić information content (AvgIpc) is 2.94. The summed E-state index contributed by atoms with van der Waals surface area (Å²) in [6.07, 6.45) is 4.59. The molecule has 1 N–H and O–H groups in total. The first-order chi connectivity index (χ1) is 13.2. The number of hydrogen-bond acceptors (Lipinski definition) is 4. The number of nitrogens with zero attached hydrogens (tertiary/aromatic N) is 2. The molecule has 1 aromatic carbocycles. The number of carbonyl (C=O) groups is 1. The molecule has 0 amide bonds. The highest BCUT2D eigenvalue weighted by atomic mass is 16.5. The summed E-state index contributed by atoms with van der Waals surface area (Å²) >= 11 is 0. The molecule has 6 nitrogen and oxygen atoms in total. The van der Waals surface area contributed by atoms with Crippen molar-refractivity contribution in [2.24, 2.45) is 7.05 Å². The molecule has 0 saturated heterocycles. The fourth-order valence-corrected chi connectivity index (χ4v) is 3.52. The van der Waals surface area contributed by atoms with Crippen LogP contribution in [0.3, 0.4) is 0 Å². The number of rotatable bonds is 5. The van der Waals surface area contributed by atoms with Crippen molar-refractivity contribution in [1.29, 1.82) is 0 Å². The average molecular weight is 384 g/mol. The van der Waals surface area contributed by atoms with Gasteiger partial charge in [0.25, 0.3) is 0 Å². The fraction of sp³-hybridized carbons (Fsp3) is 0.455. The van der Waals surface area contributed by atoms with Gasteiger partial charge in [0, 0.05) is 12.6 Å². The Balaban J connectivity index is 2.20. The molecule has 3 rings (SSSR count). The van der Waals surface area contributed by atoms with E-state index < -0.39 is 17.7 Å². The lowest BCUT2D eigenvalue weighted by atomic mass is 9.95. The Morgan fingerprint density at radius 2 is 2.14 bits per heavy atom. The van der Waals surface area contributed by atoms with Gasteiger partial charge in [0.15, 0.2) is 6.10 Å². The van der Waals surface area contributed by atoms with E-state index in [1.54, 1.807) is 11.7 Å². The van der Waals surface area contributed by atoms with Crippen LogP contribution in [0.4, 0.5) is 0 Å². The summed E-state index contributed by atoms with van der Waals surface area (Å²) in [6, 6.07) is 6.01. The maximum atomic E-state index is 12.1. The van der Waals surface area contributed by atoms with Crippen molar-refractivity contribution in [3.63, 3.8) is 0 Å². The highest BCUT2D eigenvalue weighted by Gasteiger charge is 2.33. The highest BCUT2D eigenvalue weighted by Crippen LogP contribution is 2.38. The summed E-state index contributed by atoms with van der Waals surface area (Å²) < 4.78 is 13.3. The van der Waals surface area contributed by atoms with Crippen molar-refractivity contribution in [3.05, 3.63) is 41.2 Å². The Labute approximate surface area is 165 Å². The van der Waals surface area contributed by atoms with E-state index in [2.05, 4.69) is 11.2 Å². The Hall–Kier alpha value is -2.60. The summed E-state index contributed by atoms with van der Waals surface area (Å²) in [5.74, 6) is -0.138. The number of carboxylic acids is 1. The molecule has 0 fully saturated rings. The van der Waals surface area contributed by atoms with Crippen molar-refractivity contribution in [2.75, 3.05) is 6.61 Å². The van der Waals surface area contributed by atoms with E-state index >= 15 is 0 Å². The van der Waals surface area contributed by atoms with Crippen molar-refractivity contribution < 1.29 is 19.4 Å². The molecule has 1 atom stereocenters. The minimum absolute atomic E-state index is 0.534. The SMILES string of the molecule is CC=Cc1nn(C)c(C(OC(C)(C)C)C(=O)O)c1-c1ccc2c(c1)CCCO2. The van der Waals surface area contributed by atoms with E-state index in [1.807, 2.05) is 52.0 Å². The smallest absolute Gasteiger partial charge is 0.339 e. The molecule has 2 aromatic rings. The second kappa shape index (κ2) is 7.80. The number of ether oxygens (including phenoxy) is 2. The van der Waals surface area contributed by atoms with E-state index in [0.717, 1.165) is 47.6 Å². The first-order valence-electron chi connectivity index (χ1n) is 9.57. The van der Waals surface area contributed by atoms with Gasteiger partial charge in [-0.15, -0.1) is 0 Å². The first kappa shape index (κ1) is 20.1. The predicted molar refractivity (Wildman–Crippen MR) is 108 cm³/mol. The molecular formula is C22H28N2O4. The van der Waals surface area contributed by atoms with Crippen LogP contribution in [-0.4, -0.2) is 33.1 Å². The summed E-state index contributed by atoms with van der Waals surface area (Å²) in [5.41, 5.74) is 3.48. The molecule has 0 spiro atoms. The van der Waals surface area contributed by atoms with E-state index in [1.165, 1.54) is 0 Å². The van der Waals surface area contributed by atoms with E-state index in [-0.39, 0.29) is 0 Å². The Bertz CT molecular complexity index is 906. The molecule has 150 valence electrons. The lowest BCUT2D eigenvalue weighted by molar-refractivity contribution is -0.161. The van der Waals surface area contributed by atoms with Crippen LogP contribution in [0.25, 0.3) is 17.2 Å². The van der Waals surface area contributed by atoms with Gasteiger partial charge in [0.2, 0.25) is 0 Å². The topological polar surface area (TPSA) is 73.6 Å². The second-order valence-electron chi connectivity index (χ2n) is 7.99. The van der Waals surface area contributed by atoms with E-state index in [4.69, 9.17) is 9.47 Å². The third-order valence-electron chi connectivity index (χ3n) is 4.58. The number of aryl methyl sites for hydroxylation is 2. The predicted octanol–water partition coefficient (Wildman–Crippen LogP) is 4.39. The third-order valence-corrected chi connectivity index (χ3v) is 4.58. The second-order valence-corrected chi connectivity index (χ2v) is 7.99. The Morgan fingerprint density at radius 1 is 1.39 bits per heavy atom. The molecule has 0 radical (unpaired) electrons. The third kappa shape index (κ3) is 4.12. The van der Waals surface area contributed by atoms with Gasteiger partial charge in [-0.25, -0.2) is 4.79 Å². The van der Waals surface area contributed by atoms with Crippen LogP contribution in [0.5, 0.6) is 5.75 Å². The summed E-state index contributed by atoms with van der Waals surface area (Å²) in [7, 11) is 1.76. The van der Waals surface area contributed by atoms with Crippen molar-refractivity contribution >= 4 is 12.0 Å². The number of benzene rings is 1. The van der Waals surface area contributed by atoms with Gasteiger partial charge in [0.1, 0.15) is 5.75 Å². The monoisotopic (exact) mass is 384 g/mol. The number of aliphatic carboxylic acids is 1. The molecule has 1 aliphatic rings. The minimum Gasteiger partial charge on any atom is -0.493 e. The van der Waals surface area contributed by atoms with Crippen LogP contribution in [0.15, 0.2) is 24.3 Å². The van der Waals surface area contributed by atoms with E-state index in [0.29, 0.717) is 5.69 Å². The van der Waals surface area contributed by atoms with Gasteiger partial charge in [0.05, 0.1) is 23.6 Å². The zero-order chi connectivity index (χ0) is 20.5. The lowest BCUT2D eigenvalue weighted by Gasteiger charge is -2.26. The van der Waals surface area contributed by atoms with Gasteiger partial charge in [-0.3, -0.25) is 4.68 Å². The first-order valence-corrected chi connectivity index (χ1v) is 9.57. The van der Waals surface area contributed by atoms with Gasteiger partial charge >= 0.3 is 5.97 Å². The molecule has 1 unspecified atom stereocenters. The molecule has 1 aliphatic heterocycles. The van der Waals surface area contributed by atoms with Gasteiger partial charge in [-0.2, -0.15) is 5.10 Å². The van der Waals surface area contributed by atoms with Crippen LogP contribution < -0.4 is 4.74 Å². The molecule has 0 aliphatic carbocycles. The largest absolute Gasteiger partial charge is 0.493 e. The Kier molecular flexibility index (Phi) is 5.61. The fourth-order valence-electron chi connectivity index (χ4n) is 3.52. The summed E-state index contributed by atoms with van der Waals surface area (Å²) in [4.78, 5) is 12.1. The minimum atomic E-state index is -1.13. The standard InChI is InChI=1S/C22H28N2O4/c1-6-8-16-18(15-10-11-17-14(13-15)9-7-12-27-17)19(24(5)23-16)20(21(25)26)28-22(2,3)4/h6,8,10-11,13,20H,7,9,12H2,1-5H3,(H,25,26). The van der Waals surface area contributed by atoms with Crippen LogP contribution in [0, 0.1) is 0 Å². The van der Waals surface area contributed by atoms with Crippen LogP contribution >= 0.6 is 0 Å². The molecule has 0 saturated carbocycles. The van der Waals surface area contributed by atoms with Gasteiger partial charge < -0.3 is 14.6 Å². The van der Waals surface area contributed by atoms with Gasteiger partial charge in [-0.1, -0.05) is 12.1 Å². The maximum absolute atomic E-state index is 12.1. The van der Waals surface area contributed by atoms with Crippen molar-refractivity contribution in [2.45, 2.75) is 52.2 Å². The summed E-state index contributed by atoms with van der Waals surface area (Å²) in [5, 5.41) is 14.5. The van der Waals surface area contributed by atoms with E-state index in [9.17, 15) is 9.90 Å². The molecule has 1 aromatic heterocycles. The lowest BCUT2D eigenvalue weighted by Crippen LogP contribution is -2.29. The number of aromatic nitrogens is 2. The number of hydrogen-bond donors (Lipinski definition) is 1. The quantitative estimate of drug-likeness (QED) is 0.828. The normalized spacial score (nSPS) is 15.3. The number of carboxylic acid groups (broad SMARTS) is 1. The van der Waals surface area contributed by atoms with Crippen LogP contribution in [-0.2, 0) is 23.0 Å². The number of fused-ring (bicyclic) bond motifs is 1. The maximum Gasteiger partial charge on any atom is 0.339 e. The molecule has 2 heterocycles. The van der Waals surface area contributed by atoms with Crippen molar-refractivity contribution in [1.82, 2.24) is 9.78 Å². The van der Waals surface area contributed by atoms with Crippen molar-refractivity contribution in [3.8, 4) is 16.9 Å². The number of allylic oxidation sites excluding steroid dienone is 1. The molecule has 0 bridgehead atoms. The highest BCUT2D eigenvalue weighted by molar-refractivity contribution is 5.83. The zero-order valence-electron chi connectivity index (χ0n) is 17.2. The molecule has 28 heavy (non-hydrogen) atoms. The Morgan fingerprint density at radius 3 is 2.79 bits per heavy atom. The zero-order valence-corrected chi connectivity index (χ0v) is 17.2. The van der Waals surface area contributed by atoms with Gasteiger partial charge in [-0.05, 0) is 69.9 Å².